The van der Waals surface area contributed by atoms with Crippen LogP contribution in [0.25, 0.3) is 0 Å². The summed E-state index contributed by atoms with van der Waals surface area (Å²) in [5, 5.41) is 40.0. The molecule has 10 heteroatoms. The second-order valence-corrected chi connectivity index (χ2v) is 14.1. The number of carbonyl (C=O) groups is 2. The van der Waals surface area contributed by atoms with E-state index in [1.165, 1.54) is 25.7 Å². The van der Waals surface area contributed by atoms with E-state index in [-0.39, 0.29) is 26.1 Å². The van der Waals surface area contributed by atoms with E-state index in [1.54, 1.807) is 0 Å². The molecule has 0 radical (unpaired) electrons. The molecule has 0 aliphatic carbocycles. The van der Waals surface area contributed by atoms with Gasteiger partial charge in [0.05, 0.1) is 13.2 Å². The van der Waals surface area contributed by atoms with Gasteiger partial charge in [0.25, 0.3) is 0 Å². The molecular weight excluding hydrogens is 700 g/mol. The lowest BCUT2D eigenvalue weighted by atomic mass is 9.99. The molecule has 0 saturated carbocycles. The summed E-state index contributed by atoms with van der Waals surface area (Å²) in [6, 6.07) is 0. The van der Waals surface area contributed by atoms with Crippen LogP contribution in [0.15, 0.2) is 72.9 Å². The molecule has 0 aromatic carbocycles. The number of unbranched alkanes of at least 4 members (excludes halogenated alkanes) is 10. The van der Waals surface area contributed by atoms with Crippen LogP contribution in [-0.4, -0.2) is 89.0 Å². The van der Waals surface area contributed by atoms with Gasteiger partial charge in [0.1, 0.15) is 31.0 Å². The zero-order chi connectivity index (χ0) is 40.2. The normalized spacial score (nSPS) is 21.3. The smallest absolute Gasteiger partial charge is 0.306 e. The first kappa shape index (κ1) is 50.2. The van der Waals surface area contributed by atoms with Crippen molar-refractivity contribution in [1.82, 2.24) is 0 Å². The van der Waals surface area contributed by atoms with E-state index in [9.17, 15) is 30.0 Å². The Bertz CT molecular complexity index is 1120. The van der Waals surface area contributed by atoms with E-state index >= 15 is 0 Å². The standard InChI is InChI=1S/C45H74O10/c1-3-5-7-9-11-13-15-17-18-19-20-22-24-26-28-30-32-34-41(48)54-38(37-53-45-44(51)43(50)42(49)39(35-46)55-45)36-52-40(47)33-31-29-27-25-23-21-16-14-12-10-8-6-4-2/h5,7,11,13-14,16-18,20,22,26,28,38-39,42-46,49-51H,3-4,6,8-10,12,15,19,21,23-25,27,29-37H2,1-2H3/b7-5+,13-11+,16-14+,18-17+,22-20+,28-26+/t38-,39-,42+,43?,44?,45-/m1/s1. The molecule has 1 rings (SSSR count). The van der Waals surface area contributed by atoms with Crippen LogP contribution in [0.4, 0.5) is 0 Å². The number of hydrogen-bond donors (Lipinski definition) is 4. The first-order valence-electron chi connectivity index (χ1n) is 21.0. The van der Waals surface area contributed by atoms with Crippen molar-refractivity contribution in [2.75, 3.05) is 19.8 Å². The molecule has 0 aromatic heterocycles. The predicted octanol–water partition coefficient (Wildman–Crippen LogP) is 8.44. The third-order valence-electron chi connectivity index (χ3n) is 9.08. The van der Waals surface area contributed by atoms with Crippen LogP contribution in [0.2, 0.25) is 0 Å². The number of rotatable bonds is 33. The summed E-state index contributed by atoms with van der Waals surface area (Å²) in [6.45, 7) is 3.20. The minimum atomic E-state index is -1.61. The lowest BCUT2D eigenvalue weighted by molar-refractivity contribution is -0.305. The summed E-state index contributed by atoms with van der Waals surface area (Å²) >= 11 is 0. The maximum Gasteiger partial charge on any atom is 0.306 e. The summed E-state index contributed by atoms with van der Waals surface area (Å²) in [7, 11) is 0. The Hall–Kier alpha value is -2.86. The topological polar surface area (TPSA) is 152 Å². The highest BCUT2D eigenvalue weighted by atomic mass is 16.7. The molecule has 0 spiro atoms. The first-order valence-corrected chi connectivity index (χ1v) is 21.0. The first-order chi connectivity index (χ1) is 26.8. The number of aliphatic hydroxyl groups is 4. The molecule has 1 heterocycles. The second kappa shape index (κ2) is 35.5. The van der Waals surface area contributed by atoms with Gasteiger partial charge in [0.15, 0.2) is 12.4 Å². The zero-order valence-electron chi connectivity index (χ0n) is 33.9. The van der Waals surface area contributed by atoms with Crippen molar-refractivity contribution in [1.29, 1.82) is 0 Å². The Morgan fingerprint density at radius 1 is 0.582 bits per heavy atom. The predicted molar refractivity (Wildman–Crippen MR) is 219 cm³/mol. The van der Waals surface area contributed by atoms with Crippen molar-refractivity contribution in [3.63, 3.8) is 0 Å². The van der Waals surface area contributed by atoms with Crippen LogP contribution in [0.1, 0.15) is 142 Å². The van der Waals surface area contributed by atoms with Crippen molar-refractivity contribution in [2.24, 2.45) is 0 Å². The Morgan fingerprint density at radius 3 is 1.69 bits per heavy atom. The largest absolute Gasteiger partial charge is 0.462 e. The number of esters is 2. The van der Waals surface area contributed by atoms with Crippen molar-refractivity contribution < 1.29 is 49.0 Å². The summed E-state index contributed by atoms with van der Waals surface area (Å²) < 4.78 is 22.0. The number of ether oxygens (including phenoxy) is 4. The fraction of sp³-hybridized carbons (Fsp3) is 0.689. The number of aliphatic hydroxyl groups excluding tert-OH is 4. The lowest BCUT2D eigenvalue weighted by Crippen LogP contribution is -2.59. The van der Waals surface area contributed by atoms with E-state index in [0.29, 0.717) is 19.3 Å². The third kappa shape index (κ3) is 27.4. The molecule has 1 saturated heterocycles. The van der Waals surface area contributed by atoms with Crippen LogP contribution >= 0.6 is 0 Å². The van der Waals surface area contributed by atoms with Crippen LogP contribution in [0, 0.1) is 0 Å². The Kier molecular flexibility index (Phi) is 32.4. The van der Waals surface area contributed by atoms with Crippen molar-refractivity contribution in [2.45, 2.75) is 179 Å². The van der Waals surface area contributed by atoms with Gasteiger partial charge >= 0.3 is 11.9 Å². The molecule has 0 bridgehead atoms. The van der Waals surface area contributed by atoms with E-state index in [0.717, 1.165) is 70.6 Å². The summed E-state index contributed by atoms with van der Waals surface area (Å²) in [5.74, 6) is -0.893. The summed E-state index contributed by atoms with van der Waals surface area (Å²) in [6.07, 6.45) is 36.3. The van der Waals surface area contributed by atoms with Gasteiger partial charge in [-0.3, -0.25) is 9.59 Å². The Labute approximate surface area is 332 Å². The molecular formula is C45H74O10. The average molecular weight is 775 g/mol. The molecule has 0 aromatic rings. The summed E-state index contributed by atoms with van der Waals surface area (Å²) in [4.78, 5) is 25.2. The van der Waals surface area contributed by atoms with Gasteiger partial charge in [-0.2, -0.15) is 0 Å². The molecule has 1 aliphatic rings. The Morgan fingerprint density at radius 2 is 1.09 bits per heavy atom. The quantitative estimate of drug-likeness (QED) is 0.0291. The molecule has 314 valence electrons. The van der Waals surface area contributed by atoms with Crippen LogP contribution in [0.3, 0.4) is 0 Å². The molecule has 1 fully saturated rings. The van der Waals surface area contributed by atoms with E-state index < -0.39 is 55.4 Å². The van der Waals surface area contributed by atoms with Crippen LogP contribution in [-0.2, 0) is 28.5 Å². The fourth-order valence-corrected chi connectivity index (χ4v) is 5.75. The number of hydrogen-bond acceptors (Lipinski definition) is 10. The van der Waals surface area contributed by atoms with Crippen molar-refractivity contribution >= 4 is 11.9 Å². The fourth-order valence-electron chi connectivity index (χ4n) is 5.75. The van der Waals surface area contributed by atoms with Gasteiger partial charge in [-0.15, -0.1) is 0 Å². The molecule has 0 amide bonds. The SMILES string of the molecule is CC/C=C/C/C=C/C/C=C/C/C=C/C/C=C/CCCC(=O)O[C@H](COC(=O)CCCCCCC/C=C/CCCCCC)CO[C@@H]1O[C@H](CO)[C@H](O)C(O)C1O. The molecule has 2 unspecified atom stereocenters. The molecule has 6 atom stereocenters. The van der Waals surface area contributed by atoms with Gasteiger partial charge in [-0.05, 0) is 77.0 Å². The van der Waals surface area contributed by atoms with Crippen LogP contribution < -0.4 is 0 Å². The van der Waals surface area contributed by atoms with E-state index in [4.69, 9.17) is 18.9 Å². The van der Waals surface area contributed by atoms with Crippen molar-refractivity contribution in [3.8, 4) is 0 Å². The van der Waals surface area contributed by atoms with Crippen LogP contribution in [0.5, 0.6) is 0 Å². The highest BCUT2D eigenvalue weighted by Gasteiger charge is 2.44. The molecule has 55 heavy (non-hydrogen) atoms. The monoisotopic (exact) mass is 775 g/mol. The maximum atomic E-state index is 12.7. The van der Waals surface area contributed by atoms with E-state index in [2.05, 4.69) is 80.7 Å². The third-order valence-corrected chi connectivity index (χ3v) is 9.08. The van der Waals surface area contributed by atoms with Gasteiger partial charge < -0.3 is 39.4 Å². The second-order valence-electron chi connectivity index (χ2n) is 14.1. The summed E-state index contributed by atoms with van der Waals surface area (Å²) in [5.41, 5.74) is 0. The molecule has 1 aliphatic heterocycles. The minimum absolute atomic E-state index is 0.146. The van der Waals surface area contributed by atoms with Gasteiger partial charge in [-0.1, -0.05) is 125 Å². The Balaban J connectivity index is 2.43. The highest BCUT2D eigenvalue weighted by molar-refractivity contribution is 5.70. The minimum Gasteiger partial charge on any atom is -0.462 e. The van der Waals surface area contributed by atoms with Gasteiger partial charge in [0, 0.05) is 12.8 Å². The highest BCUT2D eigenvalue weighted by Crippen LogP contribution is 2.22. The van der Waals surface area contributed by atoms with Gasteiger partial charge in [0.2, 0.25) is 0 Å². The average Bonchev–Trinajstić information content (AvgIpc) is 3.18. The van der Waals surface area contributed by atoms with Crippen molar-refractivity contribution in [3.05, 3.63) is 72.9 Å². The van der Waals surface area contributed by atoms with Gasteiger partial charge in [-0.25, -0.2) is 0 Å². The molecule has 10 nitrogen and oxygen atoms in total. The van der Waals surface area contributed by atoms with E-state index in [1.807, 2.05) is 6.08 Å². The molecule has 4 N–H and O–H groups in total. The number of carbonyl (C=O) groups excluding carboxylic acids is 2. The number of allylic oxidation sites excluding steroid dienone is 12. The zero-order valence-corrected chi connectivity index (χ0v) is 33.9. The lowest BCUT2D eigenvalue weighted by Gasteiger charge is -2.39. The maximum absolute atomic E-state index is 12.7.